The average molecular weight is 302 g/mol. The first-order chi connectivity index (χ1) is 10.5. The molecular weight excluding hydrogens is 292 g/mol. The predicted molar refractivity (Wildman–Crippen MR) is 75.3 cm³/mol. The Morgan fingerprint density at radius 1 is 0.955 bits per heavy atom. The van der Waals surface area contributed by atoms with Crippen molar-refractivity contribution in [3.8, 4) is 0 Å². The summed E-state index contributed by atoms with van der Waals surface area (Å²) in [5, 5.41) is 21.4. The van der Waals surface area contributed by atoms with E-state index >= 15 is 0 Å². The molecule has 2 aromatic carbocycles. The fourth-order valence-corrected chi connectivity index (χ4v) is 1.76. The van der Waals surface area contributed by atoms with Gasteiger partial charge < -0.3 is 4.74 Å². The molecule has 0 aliphatic rings. The number of benzene rings is 2. The Balaban J connectivity index is 2.07. The van der Waals surface area contributed by atoms with Gasteiger partial charge in [0.1, 0.15) is 6.61 Å². The number of carbonyl (C=O) groups excluding carboxylic acids is 1. The van der Waals surface area contributed by atoms with Crippen LogP contribution in [0.5, 0.6) is 0 Å². The number of non-ortho nitro benzene ring substituents is 1. The molecule has 0 saturated heterocycles. The molecule has 2 aromatic rings. The summed E-state index contributed by atoms with van der Waals surface area (Å²) < 4.78 is 4.99. The minimum Gasteiger partial charge on any atom is -0.457 e. The molecule has 0 heterocycles. The molecule has 0 atom stereocenters. The van der Waals surface area contributed by atoms with Gasteiger partial charge in [0.05, 0.1) is 21.0 Å². The molecule has 0 unspecified atom stereocenters. The van der Waals surface area contributed by atoms with E-state index in [0.29, 0.717) is 0 Å². The highest BCUT2D eigenvalue weighted by Crippen LogP contribution is 2.19. The number of carbonyl (C=O) groups is 1. The van der Waals surface area contributed by atoms with Gasteiger partial charge in [-0.2, -0.15) is 0 Å². The average Bonchev–Trinajstić information content (AvgIpc) is 2.52. The maximum atomic E-state index is 11.8. The fraction of sp³-hybridized carbons (Fsp3) is 0.0714. The van der Waals surface area contributed by atoms with E-state index in [1.165, 1.54) is 42.5 Å². The summed E-state index contributed by atoms with van der Waals surface area (Å²) in [7, 11) is 0. The summed E-state index contributed by atoms with van der Waals surface area (Å²) in [5.74, 6) is -0.715. The van der Waals surface area contributed by atoms with Crippen LogP contribution in [-0.2, 0) is 11.3 Å². The molecule has 0 aromatic heterocycles. The van der Waals surface area contributed by atoms with Crippen LogP contribution >= 0.6 is 0 Å². The Morgan fingerprint density at radius 3 is 2.18 bits per heavy atom. The van der Waals surface area contributed by atoms with Crippen molar-refractivity contribution in [3.05, 3.63) is 79.9 Å². The van der Waals surface area contributed by atoms with Crippen LogP contribution in [0.4, 0.5) is 11.4 Å². The molecule has 0 amide bonds. The first kappa shape index (κ1) is 15.1. The van der Waals surface area contributed by atoms with E-state index in [1.54, 1.807) is 6.07 Å². The quantitative estimate of drug-likeness (QED) is 0.476. The van der Waals surface area contributed by atoms with E-state index in [2.05, 4.69) is 0 Å². The molecule has 0 aliphatic carbocycles. The molecule has 0 spiro atoms. The fourth-order valence-electron chi connectivity index (χ4n) is 1.76. The van der Waals surface area contributed by atoms with Gasteiger partial charge >= 0.3 is 5.97 Å². The van der Waals surface area contributed by atoms with Crippen LogP contribution in [0.2, 0.25) is 0 Å². The second-order valence-corrected chi connectivity index (χ2v) is 4.27. The van der Waals surface area contributed by atoms with E-state index in [4.69, 9.17) is 4.74 Å². The highest BCUT2D eigenvalue weighted by Gasteiger charge is 2.15. The summed E-state index contributed by atoms with van der Waals surface area (Å²) in [6, 6.07) is 10.8. The molecule has 0 radical (unpaired) electrons. The summed E-state index contributed by atoms with van der Waals surface area (Å²) in [5.41, 5.74) is 0.112. The Kier molecular flexibility index (Phi) is 4.42. The van der Waals surface area contributed by atoms with Crippen molar-refractivity contribution in [2.75, 3.05) is 0 Å². The highest BCUT2D eigenvalue weighted by molar-refractivity contribution is 5.89. The van der Waals surface area contributed by atoms with Gasteiger partial charge in [-0.1, -0.05) is 12.1 Å². The van der Waals surface area contributed by atoms with Gasteiger partial charge in [0.2, 0.25) is 0 Å². The second kappa shape index (κ2) is 6.44. The Hall–Kier alpha value is -3.29. The smallest absolute Gasteiger partial charge is 0.338 e. The zero-order valence-corrected chi connectivity index (χ0v) is 11.2. The molecule has 8 heteroatoms. The molecule has 8 nitrogen and oxygen atoms in total. The van der Waals surface area contributed by atoms with E-state index < -0.39 is 15.8 Å². The predicted octanol–water partition coefficient (Wildman–Crippen LogP) is 2.86. The maximum Gasteiger partial charge on any atom is 0.338 e. The van der Waals surface area contributed by atoms with Crippen LogP contribution in [-0.4, -0.2) is 15.8 Å². The number of hydrogen-bond acceptors (Lipinski definition) is 6. The van der Waals surface area contributed by atoms with E-state index in [0.717, 1.165) is 0 Å². The molecule has 0 saturated carbocycles. The molecule has 2 rings (SSSR count). The van der Waals surface area contributed by atoms with Crippen molar-refractivity contribution in [1.29, 1.82) is 0 Å². The minimum atomic E-state index is -0.715. The van der Waals surface area contributed by atoms with Crippen LogP contribution < -0.4 is 0 Å². The number of ether oxygens (including phenoxy) is 1. The largest absolute Gasteiger partial charge is 0.457 e. The van der Waals surface area contributed by atoms with Gasteiger partial charge in [-0.15, -0.1) is 0 Å². The molecule has 0 aliphatic heterocycles. The Bertz CT molecular complexity index is 726. The Labute approximate surface area is 124 Å². The normalized spacial score (nSPS) is 10.0. The third-order valence-corrected chi connectivity index (χ3v) is 2.86. The van der Waals surface area contributed by atoms with Crippen molar-refractivity contribution in [2.45, 2.75) is 6.61 Å². The zero-order valence-electron chi connectivity index (χ0n) is 11.2. The lowest BCUT2D eigenvalue weighted by Gasteiger charge is -2.05. The van der Waals surface area contributed by atoms with Crippen LogP contribution in [0.25, 0.3) is 0 Å². The summed E-state index contributed by atoms with van der Waals surface area (Å²) in [6.07, 6.45) is 0. The number of esters is 1. The SMILES string of the molecule is O=C(OCc1ccccc1[N+](=O)[O-])c1ccc([N+](=O)[O-])cc1. The number of para-hydroxylation sites is 1. The van der Waals surface area contributed by atoms with Gasteiger partial charge in [0.25, 0.3) is 11.4 Å². The summed E-state index contributed by atoms with van der Waals surface area (Å²) >= 11 is 0. The minimum absolute atomic E-state index is 0.129. The molecule has 22 heavy (non-hydrogen) atoms. The molecule has 0 bridgehead atoms. The number of rotatable bonds is 5. The van der Waals surface area contributed by atoms with Crippen LogP contribution in [0.3, 0.4) is 0 Å². The van der Waals surface area contributed by atoms with Crippen molar-refractivity contribution in [2.24, 2.45) is 0 Å². The van der Waals surface area contributed by atoms with Gasteiger partial charge in [-0.3, -0.25) is 20.2 Å². The second-order valence-electron chi connectivity index (χ2n) is 4.27. The molecule has 0 N–H and O–H groups in total. The summed E-state index contributed by atoms with van der Waals surface area (Å²) in [4.78, 5) is 32.0. The first-order valence-electron chi connectivity index (χ1n) is 6.13. The zero-order chi connectivity index (χ0) is 16.1. The van der Waals surface area contributed by atoms with Crippen molar-refractivity contribution >= 4 is 17.3 Å². The lowest BCUT2D eigenvalue weighted by Crippen LogP contribution is -2.06. The van der Waals surface area contributed by atoms with E-state index in [9.17, 15) is 25.0 Å². The maximum absolute atomic E-state index is 11.8. The Morgan fingerprint density at radius 2 is 1.59 bits per heavy atom. The van der Waals surface area contributed by atoms with Crippen molar-refractivity contribution in [1.82, 2.24) is 0 Å². The molecule has 0 fully saturated rings. The monoisotopic (exact) mass is 302 g/mol. The van der Waals surface area contributed by atoms with E-state index in [1.807, 2.05) is 0 Å². The number of hydrogen-bond donors (Lipinski definition) is 0. The van der Waals surface area contributed by atoms with Gasteiger partial charge in [0.15, 0.2) is 0 Å². The first-order valence-corrected chi connectivity index (χ1v) is 6.13. The van der Waals surface area contributed by atoms with E-state index in [-0.39, 0.29) is 29.1 Å². The van der Waals surface area contributed by atoms with Gasteiger partial charge in [-0.25, -0.2) is 4.79 Å². The lowest BCUT2D eigenvalue weighted by molar-refractivity contribution is -0.385. The van der Waals surface area contributed by atoms with Crippen LogP contribution in [0, 0.1) is 20.2 Å². The van der Waals surface area contributed by atoms with Crippen LogP contribution in [0.1, 0.15) is 15.9 Å². The van der Waals surface area contributed by atoms with Gasteiger partial charge in [-0.05, 0) is 18.2 Å². The van der Waals surface area contributed by atoms with Gasteiger partial charge in [0, 0.05) is 18.2 Å². The number of nitro groups is 2. The summed E-state index contributed by atoms with van der Waals surface area (Å²) in [6.45, 7) is -0.257. The van der Waals surface area contributed by atoms with Crippen molar-refractivity contribution < 1.29 is 19.4 Å². The molecular formula is C14H10N2O6. The topological polar surface area (TPSA) is 113 Å². The molecule has 112 valence electrons. The third kappa shape index (κ3) is 3.42. The highest BCUT2D eigenvalue weighted by atomic mass is 16.6. The van der Waals surface area contributed by atoms with Crippen molar-refractivity contribution in [3.63, 3.8) is 0 Å². The standard InChI is InChI=1S/C14H10N2O6/c17-14(10-5-7-12(8-6-10)15(18)19)22-9-11-3-1-2-4-13(11)16(20)21/h1-8H,9H2. The van der Waals surface area contributed by atoms with Crippen LogP contribution in [0.15, 0.2) is 48.5 Å². The third-order valence-electron chi connectivity index (χ3n) is 2.86. The number of nitrogens with zero attached hydrogens (tertiary/aromatic N) is 2. The lowest BCUT2D eigenvalue weighted by atomic mass is 10.2. The number of nitro benzene ring substituents is 2.